The highest BCUT2D eigenvalue weighted by Crippen LogP contribution is 2.28. The predicted octanol–water partition coefficient (Wildman–Crippen LogP) is 3.18. The summed E-state index contributed by atoms with van der Waals surface area (Å²) in [6.07, 6.45) is 8.30. The number of hydrogen-bond donors (Lipinski definition) is 0. The number of hydrogen-bond acceptors (Lipinski definition) is 2. The van der Waals surface area contributed by atoms with Gasteiger partial charge in [0.2, 0.25) is 0 Å². The van der Waals surface area contributed by atoms with E-state index in [1.54, 1.807) is 14.2 Å². The molecule has 0 saturated carbocycles. The zero-order chi connectivity index (χ0) is 14.4. The summed E-state index contributed by atoms with van der Waals surface area (Å²) in [5.41, 5.74) is 2.25. The van der Waals surface area contributed by atoms with Crippen molar-refractivity contribution in [3.05, 3.63) is 53.9 Å². The van der Waals surface area contributed by atoms with Gasteiger partial charge in [-0.15, -0.1) is 0 Å². The minimum atomic E-state index is 0.742. The fourth-order valence-corrected chi connectivity index (χ4v) is 1.94. The van der Waals surface area contributed by atoms with Crippen molar-refractivity contribution in [1.82, 2.24) is 0 Å². The molecule has 0 amide bonds. The van der Waals surface area contributed by atoms with Crippen molar-refractivity contribution in [1.29, 1.82) is 0 Å². The van der Waals surface area contributed by atoms with Gasteiger partial charge in [0.05, 0.1) is 14.2 Å². The van der Waals surface area contributed by atoms with Crippen LogP contribution in [0.3, 0.4) is 0 Å². The van der Waals surface area contributed by atoms with Gasteiger partial charge in [-0.05, 0) is 30.2 Å². The molecule has 0 unspecified atom stereocenters. The van der Waals surface area contributed by atoms with Crippen LogP contribution in [-0.2, 0) is 6.54 Å². The Morgan fingerprint density at radius 2 is 1.55 bits per heavy atom. The lowest BCUT2D eigenvalue weighted by Crippen LogP contribution is -2.30. The van der Waals surface area contributed by atoms with E-state index in [0.29, 0.717) is 0 Å². The highest BCUT2D eigenvalue weighted by molar-refractivity contribution is 5.70. The lowest BCUT2D eigenvalue weighted by atomic mass is 10.1. The van der Waals surface area contributed by atoms with Crippen LogP contribution in [0.2, 0.25) is 0 Å². The molecule has 0 radical (unpaired) electrons. The van der Waals surface area contributed by atoms with E-state index in [0.717, 1.165) is 23.6 Å². The summed E-state index contributed by atoms with van der Waals surface area (Å²) in [7, 11) is 3.28. The smallest absolute Gasteiger partial charge is 0.169 e. The van der Waals surface area contributed by atoms with E-state index in [2.05, 4.69) is 48.2 Å². The third-order valence-electron chi connectivity index (χ3n) is 3.16. The molecule has 0 bridgehead atoms. The predicted molar refractivity (Wildman–Crippen MR) is 80.8 cm³/mol. The summed E-state index contributed by atoms with van der Waals surface area (Å²) in [6.45, 7) is 3.11. The Hall–Kier alpha value is -2.29. The highest BCUT2D eigenvalue weighted by Gasteiger charge is 2.02. The Labute approximate surface area is 120 Å². The third-order valence-corrected chi connectivity index (χ3v) is 3.16. The molecule has 0 N–H and O–H groups in total. The molecule has 0 aliphatic rings. The minimum Gasteiger partial charge on any atom is -0.493 e. The minimum absolute atomic E-state index is 0.742. The Morgan fingerprint density at radius 1 is 0.900 bits per heavy atom. The molecular formula is C17H20NO2+. The molecule has 2 aromatic rings. The number of aromatic nitrogens is 1. The van der Waals surface area contributed by atoms with E-state index in [4.69, 9.17) is 9.47 Å². The van der Waals surface area contributed by atoms with Gasteiger partial charge in [0, 0.05) is 12.1 Å². The molecule has 3 nitrogen and oxygen atoms in total. The summed E-state index contributed by atoms with van der Waals surface area (Å²) in [4.78, 5) is 0. The quantitative estimate of drug-likeness (QED) is 0.779. The maximum Gasteiger partial charge on any atom is 0.169 e. The van der Waals surface area contributed by atoms with E-state index in [-0.39, 0.29) is 0 Å². The van der Waals surface area contributed by atoms with Gasteiger partial charge < -0.3 is 9.47 Å². The first-order valence-corrected chi connectivity index (χ1v) is 6.66. The van der Waals surface area contributed by atoms with E-state index in [1.807, 2.05) is 18.2 Å². The second kappa shape index (κ2) is 6.75. The molecule has 1 aromatic carbocycles. The van der Waals surface area contributed by atoms with Crippen molar-refractivity contribution in [2.24, 2.45) is 0 Å². The molecule has 104 valence electrons. The van der Waals surface area contributed by atoms with Crippen LogP contribution in [0, 0.1) is 0 Å². The second-order valence-corrected chi connectivity index (χ2v) is 4.41. The highest BCUT2D eigenvalue weighted by atomic mass is 16.5. The molecular weight excluding hydrogens is 250 g/mol. The van der Waals surface area contributed by atoms with Crippen LogP contribution >= 0.6 is 0 Å². The Balaban J connectivity index is 2.17. The molecule has 0 atom stereocenters. The molecule has 0 fully saturated rings. The first kappa shape index (κ1) is 14.1. The van der Waals surface area contributed by atoms with Crippen molar-refractivity contribution >= 4 is 12.2 Å². The van der Waals surface area contributed by atoms with Crippen molar-refractivity contribution in [3.8, 4) is 11.5 Å². The largest absolute Gasteiger partial charge is 0.493 e. The summed E-state index contributed by atoms with van der Waals surface area (Å²) in [5.74, 6) is 1.49. The number of pyridine rings is 1. The maximum atomic E-state index is 5.30. The molecule has 1 aromatic heterocycles. The van der Waals surface area contributed by atoms with Crippen molar-refractivity contribution < 1.29 is 14.0 Å². The van der Waals surface area contributed by atoms with E-state index >= 15 is 0 Å². The first-order chi connectivity index (χ1) is 9.76. The SMILES string of the molecule is CC[n+]1ccc(/C=C\c2ccc(OC)c(OC)c2)cc1. The van der Waals surface area contributed by atoms with Crippen molar-refractivity contribution in [2.75, 3.05) is 14.2 Å². The Kier molecular flexibility index (Phi) is 4.77. The summed E-state index contributed by atoms with van der Waals surface area (Å²) >= 11 is 0. The van der Waals surface area contributed by atoms with E-state index in [9.17, 15) is 0 Å². The molecule has 1 heterocycles. The summed E-state index contributed by atoms with van der Waals surface area (Å²) in [5, 5.41) is 0. The van der Waals surface area contributed by atoms with Gasteiger partial charge in [-0.25, -0.2) is 4.57 Å². The second-order valence-electron chi connectivity index (χ2n) is 4.41. The molecule has 0 aliphatic heterocycles. The molecule has 20 heavy (non-hydrogen) atoms. The molecule has 2 rings (SSSR count). The average molecular weight is 270 g/mol. The van der Waals surface area contributed by atoms with Crippen LogP contribution in [0.25, 0.3) is 12.2 Å². The zero-order valence-corrected chi connectivity index (χ0v) is 12.2. The van der Waals surface area contributed by atoms with Gasteiger partial charge in [-0.2, -0.15) is 0 Å². The van der Waals surface area contributed by atoms with Gasteiger partial charge in [-0.3, -0.25) is 0 Å². The van der Waals surface area contributed by atoms with Crippen LogP contribution in [0.1, 0.15) is 18.1 Å². The van der Waals surface area contributed by atoms with Crippen molar-refractivity contribution in [3.63, 3.8) is 0 Å². The fraction of sp³-hybridized carbons (Fsp3) is 0.235. The number of rotatable bonds is 5. The van der Waals surface area contributed by atoms with Crippen LogP contribution in [0.4, 0.5) is 0 Å². The molecule has 0 saturated heterocycles. The maximum absolute atomic E-state index is 5.30. The fourth-order valence-electron chi connectivity index (χ4n) is 1.94. The molecule has 0 aliphatic carbocycles. The van der Waals surface area contributed by atoms with E-state index in [1.165, 1.54) is 5.56 Å². The van der Waals surface area contributed by atoms with Crippen LogP contribution in [0.15, 0.2) is 42.7 Å². The lowest BCUT2D eigenvalue weighted by Gasteiger charge is -2.07. The normalized spacial score (nSPS) is 10.8. The van der Waals surface area contributed by atoms with Gasteiger partial charge in [-0.1, -0.05) is 18.2 Å². The monoisotopic (exact) mass is 270 g/mol. The lowest BCUT2D eigenvalue weighted by molar-refractivity contribution is -0.693. The number of nitrogens with zero attached hydrogens (tertiary/aromatic N) is 1. The molecule has 3 heteroatoms. The van der Waals surface area contributed by atoms with Gasteiger partial charge in [0.1, 0.15) is 6.54 Å². The zero-order valence-electron chi connectivity index (χ0n) is 12.2. The number of benzene rings is 1. The van der Waals surface area contributed by atoms with Gasteiger partial charge in [0.15, 0.2) is 23.9 Å². The molecule has 0 spiro atoms. The standard InChI is InChI=1S/C17H20NO2/c1-4-18-11-9-14(10-12-18)5-6-15-7-8-16(19-2)17(13-15)20-3/h5-13H,4H2,1-3H3/q+1/b6-5-. The Bertz CT molecular complexity index is 588. The van der Waals surface area contributed by atoms with E-state index < -0.39 is 0 Å². The summed E-state index contributed by atoms with van der Waals surface area (Å²) in [6, 6.07) is 10.1. The number of ether oxygens (including phenoxy) is 2. The number of methoxy groups -OCH3 is 2. The first-order valence-electron chi connectivity index (χ1n) is 6.66. The average Bonchev–Trinajstić information content (AvgIpc) is 2.53. The summed E-state index contributed by atoms with van der Waals surface area (Å²) < 4.78 is 12.7. The van der Waals surface area contributed by atoms with Crippen LogP contribution in [0.5, 0.6) is 11.5 Å². The van der Waals surface area contributed by atoms with Crippen LogP contribution in [-0.4, -0.2) is 14.2 Å². The van der Waals surface area contributed by atoms with Gasteiger partial charge >= 0.3 is 0 Å². The number of aryl methyl sites for hydroxylation is 1. The van der Waals surface area contributed by atoms with Gasteiger partial charge in [0.25, 0.3) is 0 Å². The van der Waals surface area contributed by atoms with Crippen molar-refractivity contribution in [2.45, 2.75) is 13.5 Å². The Morgan fingerprint density at radius 3 is 2.15 bits per heavy atom. The topological polar surface area (TPSA) is 22.3 Å². The van der Waals surface area contributed by atoms with Crippen LogP contribution < -0.4 is 14.0 Å². The third kappa shape index (κ3) is 3.38.